The van der Waals surface area contributed by atoms with E-state index in [-0.39, 0.29) is 0 Å². The Balaban J connectivity index is 2.06. The van der Waals surface area contributed by atoms with Crippen LogP contribution in [-0.2, 0) is 0 Å². The molecule has 0 bridgehead atoms. The maximum atomic E-state index is 5.05. The highest BCUT2D eigenvalue weighted by atomic mass is 15.2. The van der Waals surface area contributed by atoms with Gasteiger partial charge in [0.25, 0.3) is 0 Å². The number of terminal acetylenes is 1. The van der Waals surface area contributed by atoms with Crippen LogP contribution < -0.4 is 0 Å². The minimum atomic E-state index is 0.847. The summed E-state index contributed by atoms with van der Waals surface area (Å²) in [4.78, 5) is 2.25. The summed E-state index contributed by atoms with van der Waals surface area (Å²) in [6, 6.07) is 0. The summed E-state index contributed by atoms with van der Waals surface area (Å²) in [5.41, 5.74) is 0. The van der Waals surface area contributed by atoms with E-state index < -0.39 is 0 Å². The van der Waals surface area contributed by atoms with Gasteiger partial charge >= 0.3 is 0 Å². The maximum absolute atomic E-state index is 5.05. The van der Waals surface area contributed by atoms with Crippen molar-refractivity contribution in [1.82, 2.24) is 4.90 Å². The van der Waals surface area contributed by atoms with E-state index >= 15 is 0 Å². The average Bonchev–Trinajstić information content (AvgIpc) is 1.55. The van der Waals surface area contributed by atoms with Crippen molar-refractivity contribution in [2.24, 2.45) is 0 Å². The molecule has 1 nitrogen and oxygen atoms in total. The number of likely N-dealkylation sites (tertiary alicyclic amines) is 1. The number of hydrogen-bond donors (Lipinski definition) is 0. The first-order chi connectivity index (χ1) is 3.43. The summed E-state index contributed by atoms with van der Waals surface area (Å²) in [5, 5.41) is 0. The van der Waals surface area contributed by atoms with Crippen LogP contribution in [0.3, 0.4) is 0 Å². The second-order valence-electron chi connectivity index (χ2n) is 1.83. The Morgan fingerprint density at radius 2 is 2.29 bits per heavy atom. The predicted molar refractivity (Wildman–Crippen MR) is 29.9 cm³/mol. The van der Waals surface area contributed by atoms with Crippen LogP contribution in [0.1, 0.15) is 6.42 Å². The molecule has 1 aliphatic rings. The molecule has 1 saturated heterocycles. The lowest BCUT2D eigenvalue weighted by atomic mass is 10.2. The minimum absolute atomic E-state index is 0.847. The van der Waals surface area contributed by atoms with Gasteiger partial charge in [-0.1, -0.05) is 5.92 Å². The lowest BCUT2D eigenvalue weighted by Crippen LogP contribution is -2.37. The van der Waals surface area contributed by atoms with Gasteiger partial charge in [0, 0.05) is 13.1 Å². The van der Waals surface area contributed by atoms with Crippen LogP contribution in [0.15, 0.2) is 0 Å². The van der Waals surface area contributed by atoms with Crippen LogP contribution in [0, 0.1) is 12.3 Å². The highest BCUT2D eigenvalue weighted by Crippen LogP contribution is 2.02. The summed E-state index contributed by atoms with van der Waals surface area (Å²) < 4.78 is 0. The largest absolute Gasteiger partial charge is 0.292 e. The number of nitrogens with zero attached hydrogens (tertiary/aromatic N) is 1. The molecule has 1 heterocycles. The third kappa shape index (κ3) is 0.942. The van der Waals surface area contributed by atoms with Crippen LogP contribution in [0.25, 0.3) is 0 Å². The second kappa shape index (κ2) is 1.99. The molecule has 0 aromatic carbocycles. The van der Waals surface area contributed by atoms with Crippen molar-refractivity contribution in [3.05, 3.63) is 0 Å². The molecular weight excluding hydrogens is 86.1 g/mol. The Kier molecular flexibility index (Phi) is 1.33. The summed E-state index contributed by atoms with van der Waals surface area (Å²) in [6.07, 6.45) is 6.38. The van der Waals surface area contributed by atoms with Gasteiger partial charge in [-0.05, 0) is 6.42 Å². The third-order valence-corrected chi connectivity index (χ3v) is 1.26. The molecular formula is C6H9N. The van der Waals surface area contributed by atoms with Crippen molar-refractivity contribution in [3.8, 4) is 12.3 Å². The molecule has 0 aromatic rings. The third-order valence-electron chi connectivity index (χ3n) is 1.26. The first kappa shape index (κ1) is 4.67. The summed E-state index contributed by atoms with van der Waals surface area (Å²) in [6.45, 7) is 3.27. The fraction of sp³-hybridized carbons (Fsp3) is 0.667. The predicted octanol–water partition coefficient (Wildman–Crippen LogP) is 0.325. The summed E-state index contributed by atoms with van der Waals surface area (Å²) >= 11 is 0. The van der Waals surface area contributed by atoms with E-state index in [0.717, 1.165) is 6.54 Å². The Morgan fingerprint density at radius 3 is 2.43 bits per heavy atom. The smallest absolute Gasteiger partial charge is 0.0598 e. The minimum Gasteiger partial charge on any atom is -0.292 e. The molecule has 1 heteroatoms. The average molecular weight is 95.1 g/mol. The monoisotopic (exact) mass is 95.1 g/mol. The summed E-state index contributed by atoms with van der Waals surface area (Å²) in [5.74, 6) is 2.60. The summed E-state index contributed by atoms with van der Waals surface area (Å²) in [7, 11) is 0. The lowest BCUT2D eigenvalue weighted by molar-refractivity contribution is 0.207. The molecule has 0 atom stereocenters. The van der Waals surface area contributed by atoms with Gasteiger partial charge in [-0.15, -0.1) is 6.42 Å². The molecule has 0 saturated carbocycles. The normalized spacial score (nSPS) is 20.4. The highest BCUT2D eigenvalue weighted by molar-refractivity contribution is 4.90. The van der Waals surface area contributed by atoms with Crippen molar-refractivity contribution in [2.45, 2.75) is 6.42 Å². The van der Waals surface area contributed by atoms with E-state index in [1.165, 1.54) is 19.5 Å². The first-order valence-electron chi connectivity index (χ1n) is 2.59. The van der Waals surface area contributed by atoms with Crippen LogP contribution in [0.2, 0.25) is 0 Å². The van der Waals surface area contributed by atoms with E-state index in [9.17, 15) is 0 Å². The van der Waals surface area contributed by atoms with Crippen molar-refractivity contribution in [3.63, 3.8) is 0 Å². The van der Waals surface area contributed by atoms with E-state index in [2.05, 4.69) is 10.8 Å². The van der Waals surface area contributed by atoms with E-state index in [1.807, 2.05) is 0 Å². The van der Waals surface area contributed by atoms with Gasteiger partial charge in [-0.2, -0.15) is 0 Å². The molecule has 1 aliphatic heterocycles. The van der Waals surface area contributed by atoms with Gasteiger partial charge in [0.05, 0.1) is 6.54 Å². The second-order valence-corrected chi connectivity index (χ2v) is 1.83. The molecule has 0 aromatic heterocycles. The molecule has 1 rings (SSSR count). The highest BCUT2D eigenvalue weighted by Gasteiger charge is 2.10. The quantitative estimate of drug-likeness (QED) is 0.424. The molecule has 0 spiro atoms. The zero-order valence-corrected chi connectivity index (χ0v) is 4.35. The topological polar surface area (TPSA) is 3.24 Å². The maximum Gasteiger partial charge on any atom is 0.0598 e. The van der Waals surface area contributed by atoms with Gasteiger partial charge in [-0.3, -0.25) is 4.90 Å². The number of rotatable bonds is 1. The SMILES string of the molecule is C#CCN1CCC1. The van der Waals surface area contributed by atoms with E-state index in [0.29, 0.717) is 0 Å². The van der Waals surface area contributed by atoms with Crippen LogP contribution in [0.5, 0.6) is 0 Å². The van der Waals surface area contributed by atoms with Crippen molar-refractivity contribution < 1.29 is 0 Å². The van der Waals surface area contributed by atoms with Gasteiger partial charge in [0.15, 0.2) is 0 Å². The van der Waals surface area contributed by atoms with Gasteiger partial charge < -0.3 is 0 Å². The molecule has 1 fully saturated rings. The molecule has 0 radical (unpaired) electrons. The van der Waals surface area contributed by atoms with E-state index in [1.54, 1.807) is 0 Å². The van der Waals surface area contributed by atoms with Crippen LogP contribution in [-0.4, -0.2) is 24.5 Å². The molecule has 0 amide bonds. The lowest BCUT2D eigenvalue weighted by Gasteiger charge is -2.28. The first-order valence-corrected chi connectivity index (χ1v) is 2.59. The Hall–Kier alpha value is -0.480. The van der Waals surface area contributed by atoms with Gasteiger partial charge in [-0.25, -0.2) is 0 Å². The van der Waals surface area contributed by atoms with Gasteiger partial charge in [0.1, 0.15) is 0 Å². The Morgan fingerprint density at radius 1 is 1.57 bits per heavy atom. The zero-order valence-electron chi connectivity index (χ0n) is 4.35. The molecule has 0 unspecified atom stereocenters. The van der Waals surface area contributed by atoms with E-state index in [4.69, 9.17) is 6.42 Å². The van der Waals surface area contributed by atoms with Crippen molar-refractivity contribution in [1.29, 1.82) is 0 Å². The molecule has 0 aliphatic carbocycles. The van der Waals surface area contributed by atoms with Crippen LogP contribution in [0.4, 0.5) is 0 Å². The Bertz CT molecular complexity index is 86.8. The van der Waals surface area contributed by atoms with Crippen molar-refractivity contribution in [2.75, 3.05) is 19.6 Å². The van der Waals surface area contributed by atoms with Crippen LogP contribution >= 0.6 is 0 Å². The standard InChI is InChI=1S/C6H9N/c1-2-4-7-5-3-6-7/h1H,3-6H2. The number of hydrogen-bond acceptors (Lipinski definition) is 1. The van der Waals surface area contributed by atoms with Crippen molar-refractivity contribution >= 4 is 0 Å². The molecule has 38 valence electrons. The molecule has 0 N–H and O–H groups in total. The fourth-order valence-electron chi connectivity index (χ4n) is 0.669. The zero-order chi connectivity index (χ0) is 5.11. The molecule has 7 heavy (non-hydrogen) atoms. The Labute approximate surface area is 44.3 Å². The van der Waals surface area contributed by atoms with Gasteiger partial charge in [0.2, 0.25) is 0 Å². The fourth-order valence-corrected chi connectivity index (χ4v) is 0.669.